The standard InChI is InChI=1S/C25H25NO6/c1-2-31-25(30)21(16-9-4-3-5-10-16)32-24(29)17-11-8-12-18(15-17)26-22(27)19-13-6-7-14-20(19)23(26)28/h3-5,8-12,15,19-21H,2,6-7,13-14H2,1H3/t19-,20+,21-/m1/s1. The van der Waals surface area contributed by atoms with Crippen LogP contribution in [-0.2, 0) is 23.9 Å². The molecule has 2 amide bonds. The Morgan fingerprint density at radius 2 is 1.62 bits per heavy atom. The number of esters is 2. The topological polar surface area (TPSA) is 90.0 Å². The van der Waals surface area contributed by atoms with Crippen LogP contribution in [-0.4, -0.2) is 30.4 Å². The van der Waals surface area contributed by atoms with E-state index in [4.69, 9.17) is 9.47 Å². The lowest BCUT2D eigenvalue weighted by Gasteiger charge is -2.19. The molecule has 0 aromatic heterocycles. The molecule has 7 heteroatoms. The van der Waals surface area contributed by atoms with Crippen LogP contribution in [0.4, 0.5) is 5.69 Å². The second kappa shape index (κ2) is 9.34. The largest absolute Gasteiger partial charge is 0.463 e. The number of hydrogen-bond acceptors (Lipinski definition) is 6. The van der Waals surface area contributed by atoms with Crippen LogP contribution in [0.25, 0.3) is 0 Å². The van der Waals surface area contributed by atoms with Crippen LogP contribution in [0.5, 0.6) is 0 Å². The fourth-order valence-electron chi connectivity index (χ4n) is 4.46. The molecule has 32 heavy (non-hydrogen) atoms. The average Bonchev–Trinajstić information content (AvgIpc) is 3.08. The average molecular weight is 435 g/mol. The zero-order valence-electron chi connectivity index (χ0n) is 17.9. The molecule has 0 spiro atoms. The molecule has 7 nitrogen and oxygen atoms in total. The summed E-state index contributed by atoms with van der Waals surface area (Å²) in [5, 5.41) is 0. The van der Waals surface area contributed by atoms with Crippen molar-refractivity contribution in [2.45, 2.75) is 38.7 Å². The van der Waals surface area contributed by atoms with E-state index in [1.165, 1.54) is 17.0 Å². The Bertz CT molecular complexity index is 1010. The lowest BCUT2D eigenvalue weighted by Crippen LogP contribution is -2.31. The third kappa shape index (κ3) is 4.15. The number of rotatable bonds is 6. The minimum atomic E-state index is -1.22. The summed E-state index contributed by atoms with van der Waals surface area (Å²) in [7, 11) is 0. The van der Waals surface area contributed by atoms with Crippen LogP contribution in [0.1, 0.15) is 54.6 Å². The molecule has 2 aromatic carbocycles. The van der Waals surface area contributed by atoms with E-state index >= 15 is 0 Å². The molecule has 1 aliphatic carbocycles. The zero-order chi connectivity index (χ0) is 22.7. The molecule has 0 bridgehead atoms. The van der Waals surface area contributed by atoms with Gasteiger partial charge in [0.05, 0.1) is 29.7 Å². The molecule has 4 rings (SSSR count). The van der Waals surface area contributed by atoms with E-state index in [9.17, 15) is 19.2 Å². The van der Waals surface area contributed by atoms with E-state index in [-0.39, 0.29) is 35.8 Å². The number of carbonyl (C=O) groups is 4. The number of imide groups is 1. The number of amides is 2. The quantitative estimate of drug-likeness (QED) is 0.506. The summed E-state index contributed by atoms with van der Waals surface area (Å²) in [4.78, 5) is 52.3. The first-order chi connectivity index (χ1) is 15.5. The molecule has 1 aliphatic heterocycles. The number of carbonyl (C=O) groups excluding carboxylic acids is 4. The smallest absolute Gasteiger partial charge is 0.352 e. The number of benzene rings is 2. The van der Waals surface area contributed by atoms with Gasteiger partial charge >= 0.3 is 11.9 Å². The van der Waals surface area contributed by atoms with Crippen LogP contribution < -0.4 is 4.90 Å². The highest BCUT2D eigenvalue weighted by molar-refractivity contribution is 6.22. The van der Waals surface area contributed by atoms with Gasteiger partial charge < -0.3 is 9.47 Å². The Hall–Kier alpha value is -3.48. The molecule has 0 radical (unpaired) electrons. The van der Waals surface area contributed by atoms with E-state index in [0.29, 0.717) is 24.1 Å². The lowest BCUT2D eigenvalue weighted by atomic mass is 9.81. The summed E-state index contributed by atoms with van der Waals surface area (Å²) >= 11 is 0. The maximum Gasteiger partial charge on any atom is 0.352 e. The third-order valence-corrected chi connectivity index (χ3v) is 6.01. The van der Waals surface area contributed by atoms with Gasteiger partial charge in [-0.3, -0.25) is 14.5 Å². The van der Waals surface area contributed by atoms with Crippen molar-refractivity contribution in [1.82, 2.24) is 0 Å². The maximum atomic E-state index is 12.9. The first-order valence-corrected chi connectivity index (χ1v) is 10.9. The first kappa shape index (κ1) is 21.7. The van der Waals surface area contributed by atoms with Gasteiger partial charge in [0.15, 0.2) is 0 Å². The van der Waals surface area contributed by atoms with Gasteiger partial charge in [-0.25, -0.2) is 9.59 Å². The number of ether oxygens (including phenoxy) is 2. The lowest BCUT2D eigenvalue weighted by molar-refractivity contribution is -0.153. The summed E-state index contributed by atoms with van der Waals surface area (Å²) in [5.74, 6) is -2.39. The minimum absolute atomic E-state index is 0.142. The Kier molecular flexibility index (Phi) is 6.35. The van der Waals surface area contributed by atoms with Crippen LogP contribution in [0.3, 0.4) is 0 Å². The molecule has 2 aromatic rings. The highest BCUT2D eigenvalue weighted by atomic mass is 16.6. The van der Waals surface area contributed by atoms with Gasteiger partial charge in [-0.05, 0) is 38.0 Å². The highest BCUT2D eigenvalue weighted by Crippen LogP contribution is 2.40. The summed E-state index contributed by atoms with van der Waals surface area (Å²) in [6, 6.07) is 14.8. The van der Waals surface area contributed by atoms with Crippen molar-refractivity contribution in [2.75, 3.05) is 11.5 Å². The molecule has 2 fully saturated rings. The number of nitrogens with zero attached hydrogens (tertiary/aromatic N) is 1. The third-order valence-electron chi connectivity index (χ3n) is 6.01. The van der Waals surface area contributed by atoms with Crippen molar-refractivity contribution in [3.63, 3.8) is 0 Å². The van der Waals surface area contributed by atoms with Gasteiger partial charge in [-0.15, -0.1) is 0 Å². The van der Waals surface area contributed by atoms with Crippen LogP contribution in [0.15, 0.2) is 54.6 Å². The van der Waals surface area contributed by atoms with Gasteiger partial charge in [0.2, 0.25) is 17.9 Å². The summed E-state index contributed by atoms with van der Waals surface area (Å²) < 4.78 is 10.6. The van der Waals surface area contributed by atoms with Crippen molar-refractivity contribution in [3.8, 4) is 0 Å². The predicted molar refractivity (Wildman–Crippen MR) is 116 cm³/mol. The second-order valence-corrected chi connectivity index (χ2v) is 8.01. The van der Waals surface area contributed by atoms with Gasteiger partial charge in [0.1, 0.15) is 0 Å². The van der Waals surface area contributed by atoms with Crippen molar-refractivity contribution in [2.24, 2.45) is 11.8 Å². The monoisotopic (exact) mass is 435 g/mol. The van der Waals surface area contributed by atoms with E-state index in [1.807, 2.05) is 0 Å². The van der Waals surface area contributed by atoms with E-state index in [0.717, 1.165) is 12.8 Å². The van der Waals surface area contributed by atoms with E-state index < -0.39 is 18.0 Å². The van der Waals surface area contributed by atoms with E-state index in [1.54, 1.807) is 49.4 Å². The normalized spacial score (nSPS) is 21.1. The zero-order valence-corrected chi connectivity index (χ0v) is 17.9. The second-order valence-electron chi connectivity index (χ2n) is 8.01. The molecule has 166 valence electrons. The van der Waals surface area contributed by atoms with Gasteiger partial charge in [-0.1, -0.05) is 49.2 Å². The van der Waals surface area contributed by atoms with Crippen LogP contribution in [0, 0.1) is 11.8 Å². The SMILES string of the molecule is CCOC(=O)[C@H](OC(=O)c1cccc(N2C(=O)[C@H]3CCCC[C@H]3C2=O)c1)c1ccccc1. The molecule has 1 saturated heterocycles. The molecule has 0 unspecified atom stereocenters. The molecule has 3 atom stereocenters. The van der Waals surface area contributed by atoms with E-state index in [2.05, 4.69) is 0 Å². The molecule has 0 N–H and O–H groups in total. The molecule has 2 aliphatic rings. The van der Waals surface area contributed by atoms with Crippen molar-refractivity contribution < 1.29 is 28.7 Å². The molecule has 1 heterocycles. The Balaban J connectivity index is 1.57. The van der Waals surface area contributed by atoms with Crippen LogP contribution >= 0.6 is 0 Å². The first-order valence-electron chi connectivity index (χ1n) is 10.9. The van der Waals surface area contributed by atoms with Crippen molar-refractivity contribution >= 4 is 29.4 Å². The fourth-order valence-corrected chi connectivity index (χ4v) is 4.46. The maximum absolute atomic E-state index is 12.9. The number of anilines is 1. The highest BCUT2D eigenvalue weighted by Gasteiger charge is 2.48. The van der Waals surface area contributed by atoms with Gasteiger partial charge in [0, 0.05) is 5.56 Å². The Morgan fingerprint density at radius 1 is 0.969 bits per heavy atom. The summed E-state index contributed by atoms with van der Waals surface area (Å²) in [6.45, 7) is 1.82. The van der Waals surface area contributed by atoms with Crippen LogP contribution in [0.2, 0.25) is 0 Å². The number of hydrogen-bond donors (Lipinski definition) is 0. The molecule has 1 saturated carbocycles. The van der Waals surface area contributed by atoms with Crippen molar-refractivity contribution in [1.29, 1.82) is 0 Å². The minimum Gasteiger partial charge on any atom is -0.463 e. The molecular formula is C25H25NO6. The van der Waals surface area contributed by atoms with Gasteiger partial charge in [-0.2, -0.15) is 0 Å². The summed E-state index contributed by atoms with van der Waals surface area (Å²) in [6.07, 6.45) is 2.09. The van der Waals surface area contributed by atoms with Crippen molar-refractivity contribution in [3.05, 3.63) is 65.7 Å². The predicted octanol–water partition coefficient (Wildman–Crippen LogP) is 3.83. The summed E-state index contributed by atoms with van der Waals surface area (Å²) in [5.41, 5.74) is 0.976. The van der Waals surface area contributed by atoms with Gasteiger partial charge in [0.25, 0.3) is 0 Å². The molecular weight excluding hydrogens is 410 g/mol. The Labute approximate surface area is 186 Å². The fraction of sp³-hybridized carbons (Fsp3) is 0.360. The number of fused-ring (bicyclic) bond motifs is 1. The Morgan fingerprint density at radius 3 is 2.25 bits per heavy atom.